The number of rotatable bonds is 5. The molecule has 2 rings (SSSR count). The summed E-state index contributed by atoms with van der Waals surface area (Å²) in [5.74, 6) is 0. The zero-order valence-corrected chi connectivity index (χ0v) is 14.0. The van der Waals surface area contributed by atoms with Crippen LogP contribution in [0.2, 0.25) is 0 Å². The molecule has 7 nitrogen and oxygen atoms in total. The molecule has 1 aromatic rings. The third-order valence-electron chi connectivity index (χ3n) is 3.06. The molecule has 0 spiro atoms. The van der Waals surface area contributed by atoms with Gasteiger partial charge in [-0.15, -0.1) is 0 Å². The van der Waals surface area contributed by atoms with Gasteiger partial charge in [-0.2, -0.15) is 5.10 Å². The first-order chi connectivity index (χ1) is 10.6. The lowest BCUT2D eigenvalue weighted by molar-refractivity contribution is -0.385. The second-order valence-electron chi connectivity index (χ2n) is 4.68. The van der Waals surface area contributed by atoms with Gasteiger partial charge in [-0.25, -0.2) is 0 Å². The van der Waals surface area contributed by atoms with Crippen molar-refractivity contribution < 1.29 is 9.66 Å². The van der Waals surface area contributed by atoms with Gasteiger partial charge in [-0.05, 0) is 47.1 Å². The van der Waals surface area contributed by atoms with E-state index in [2.05, 4.69) is 31.8 Å². The molecule has 1 saturated heterocycles. The molecule has 0 aliphatic carbocycles. The number of hydrazone groups is 1. The fourth-order valence-corrected chi connectivity index (χ4v) is 2.49. The number of nitro benzene ring substituents is 1. The largest absolute Gasteiger partial charge is 0.376 e. The monoisotopic (exact) mass is 386 g/mol. The summed E-state index contributed by atoms with van der Waals surface area (Å²) in [5.41, 5.74) is 3.26. The van der Waals surface area contributed by atoms with Gasteiger partial charge in [0, 0.05) is 24.8 Å². The molecular weight excluding hydrogens is 372 g/mol. The molecule has 1 heterocycles. The van der Waals surface area contributed by atoms with Crippen LogP contribution in [-0.2, 0) is 4.74 Å². The van der Waals surface area contributed by atoms with Crippen LogP contribution in [0.15, 0.2) is 27.8 Å². The number of ether oxygens (including phenoxy) is 1. The molecule has 2 N–H and O–H groups in total. The summed E-state index contributed by atoms with van der Waals surface area (Å²) >= 11 is 8.22. The van der Waals surface area contributed by atoms with E-state index in [0.29, 0.717) is 21.7 Å². The number of hydrogen-bond acceptors (Lipinski definition) is 5. The quantitative estimate of drug-likeness (QED) is 0.349. The molecule has 1 aliphatic rings. The predicted octanol–water partition coefficient (Wildman–Crippen LogP) is 2.33. The van der Waals surface area contributed by atoms with Crippen LogP contribution in [0, 0.1) is 10.1 Å². The molecule has 0 aromatic heterocycles. The molecule has 0 amide bonds. The van der Waals surface area contributed by atoms with Gasteiger partial charge in [0.25, 0.3) is 5.69 Å². The average Bonchev–Trinajstić information content (AvgIpc) is 3.00. The van der Waals surface area contributed by atoms with Crippen molar-refractivity contribution in [2.75, 3.05) is 13.2 Å². The molecule has 1 aromatic carbocycles. The van der Waals surface area contributed by atoms with Crippen molar-refractivity contribution in [1.82, 2.24) is 10.7 Å². The second kappa shape index (κ2) is 8.16. The molecule has 0 radical (unpaired) electrons. The molecule has 9 heteroatoms. The SMILES string of the molecule is O=[N+]([O-])c1cc(/C=N\NC(=S)NC[C@H]2CCCO2)ccc1Br. The fraction of sp³-hybridized carbons (Fsp3) is 0.385. The predicted molar refractivity (Wildman–Crippen MR) is 91.1 cm³/mol. The molecular formula is C13H15BrN4O3S. The van der Waals surface area contributed by atoms with Crippen molar-refractivity contribution in [3.05, 3.63) is 38.3 Å². The van der Waals surface area contributed by atoms with E-state index in [-0.39, 0.29) is 11.8 Å². The maximum atomic E-state index is 10.8. The van der Waals surface area contributed by atoms with E-state index >= 15 is 0 Å². The number of thiocarbonyl (C=S) groups is 1. The average molecular weight is 387 g/mol. The Balaban J connectivity index is 1.82. The van der Waals surface area contributed by atoms with Gasteiger partial charge in [0.2, 0.25) is 0 Å². The number of hydrogen-bond donors (Lipinski definition) is 2. The Kier molecular flexibility index (Phi) is 6.22. The summed E-state index contributed by atoms with van der Waals surface area (Å²) in [6.45, 7) is 1.44. The van der Waals surface area contributed by atoms with E-state index in [1.54, 1.807) is 12.1 Å². The lowest BCUT2D eigenvalue weighted by Crippen LogP contribution is -2.37. The number of benzene rings is 1. The smallest absolute Gasteiger partial charge is 0.284 e. The minimum atomic E-state index is -0.456. The minimum Gasteiger partial charge on any atom is -0.376 e. The van der Waals surface area contributed by atoms with E-state index in [1.165, 1.54) is 12.3 Å². The first-order valence-electron chi connectivity index (χ1n) is 6.68. The van der Waals surface area contributed by atoms with E-state index in [0.717, 1.165) is 19.4 Å². The highest BCUT2D eigenvalue weighted by atomic mass is 79.9. The number of nitrogens with zero attached hydrogens (tertiary/aromatic N) is 2. The Morgan fingerprint density at radius 2 is 2.45 bits per heavy atom. The van der Waals surface area contributed by atoms with Crippen molar-refractivity contribution in [3.63, 3.8) is 0 Å². The minimum absolute atomic E-state index is 0.0111. The lowest BCUT2D eigenvalue weighted by Gasteiger charge is -2.11. The molecule has 0 unspecified atom stereocenters. The van der Waals surface area contributed by atoms with Crippen LogP contribution in [0.5, 0.6) is 0 Å². The maximum Gasteiger partial charge on any atom is 0.284 e. The van der Waals surface area contributed by atoms with Crippen LogP contribution in [-0.4, -0.2) is 35.5 Å². The lowest BCUT2D eigenvalue weighted by atomic mass is 10.2. The normalized spacial score (nSPS) is 17.6. The summed E-state index contributed by atoms with van der Waals surface area (Å²) in [5, 5.41) is 18.2. The van der Waals surface area contributed by atoms with Crippen molar-refractivity contribution >= 4 is 45.2 Å². The van der Waals surface area contributed by atoms with Crippen LogP contribution >= 0.6 is 28.1 Å². The van der Waals surface area contributed by atoms with Gasteiger partial charge in [0.1, 0.15) is 0 Å². The Labute approximate surface area is 141 Å². The molecule has 0 saturated carbocycles. The van der Waals surface area contributed by atoms with Crippen LogP contribution in [0.1, 0.15) is 18.4 Å². The van der Waals surface area contributed by atoms with Crippen molar-refractivity contribution in [1.29, 1.82) is 0 Å². The summed E-state index contributed by atoms with van der Waals surface area (Å²) in [6, 6.07) is 4.75. The van der Waals surface area contributed by atoms with Gasteiger partial charge in [0.15, 0.2) is 5.11 Å². The fourth-order valence-electron chi connectivity index (χ4n) is 1.97. The van der Waals surface area contributed by atoms with Crippen molar-refractivity contribution in [2.24, 2.45) is 5.10 Å². The number of halogens is 1. The Bertz CT molecular complexity index is 591. The first kappa shape index (κ1) is 16.8. The number of nitrogens with one attached hydrogen (secondary N) is 2. The highest BCUT2D eigenvalue weighted by Crippen LogP contribution is 2.24. The summed E-state index contributed by atoms with van der Waals surface area (Å²) in [4.78, 5) is 10.4. The van der Waals surface area contributed by atoms with Crippen molar-refractivity contribution in [2.45, 2.75) is 18.9 Å². The molecule has 1 fully saturated rings. The Morgan fingerprint density at radius 3 is 3.14 bits per heavy atom. The summed E-state index contributed by atoms with van der Waals surface area (Å²) in [7, 11) is 0. The van der Waals surface area contributed by atoms with Gasteiger partial charge < -0.3 is 10.1 Å². The molecule has 118 valence electrons. The first-order valence-corrected chi connectivity index (χ1v) is 7.89. The highest BCUT2D eigenvalue weighted by Gasteiger charge is 2.15. The van der Waals surface area contributed by atoms with E-state index < -0.39 is 4.92 Å². The summed E-state index contributed by atoms with van der Waals surface area (Å²) < 4.78 is 5.89. The van der Waals surface area contributed by atoms with Crippen molar-refractivity contribution in [3.8, 4) is 0 Å². The molecule has 0 bridgehead atoms. The van der Waals surface area contributed by atoms with Gasteiger partial charge >= 0.3 is 0 Å². The van der Waals surface area contributed by atoms with Gasteiger partial charge in [-0.1, -0.05) is 6.07 Å². The zero-order valence-electron chi connectivity index (χ0n) is 11.6. The van der Waals surface area contributed by atoms with E-state index in [9.17, 15) is 10.1 Å². The third-order valence-corrected chi connectivity index (χ3v) is 3.97. The van der Waals surface area contributed by atoms with Crippen LogP contribution in [0.4, 0.5) is 5.69 Å². The van der Waals surface area contributed by atoms with Gasteiger partial charge in [-0.3, -0.25) is 15.5 Å². The van der Waals surface area contributed by atoms with Crippen LogP contribution in [0.3, 0.4) is 0 Å². The molecule has 1 atom stereocenters. The molecule has 1 aliphatic heterocycles. The second-order valence-corrected chi connectivity index (χ2v) is 5.95. The van der Waals surface area contributed by atoms with E-state index in [1.807, 2.05) is 0 Å². The Hall–Kier alpha value is -1.58. The number of nitro groups is 1. The van der Waals surface area contributed by atoms with Crippen LogP contribution < -0.4 is 10.7 Å². The molecule has 22 heavy (non-hydrogen) atoms. The third kappa shape index (κ3) is 5.00. The summed E-state index contributed by atoms with van der Waals surface area (Å²) in [6.07, 6.45) is 3.77. The zero-order chi connectivity index (χ0) is 15.9. The maximum absolute atomic E-state index is 10.8. The standard InChI is InChI=1S/C13H15BrN4O3S/c14-11-4-3-9(6-12(11)18(19)20)7-16-17-13(22)15-8-10-2-1-5-21-10/h3-4,6-7,10H,1-2,5,8H2,(H2,15,17,22)/b16-7-/t10-/m1/s1. The topological polar surface area (TPSA) is 88.8 Å². The highest BCUT2D eigenvalue weighted by molar-refractivity contribution is 9.10. The van der Waals surface area contributed by atoms with E-state index in [4.69, 9.17) is 17.0 Å². The van der Waals surface area contributed by atoms with Crippen LogP contribution in [0.25, 0.3) is 0 Å². The Morgan fingerprint density at radius 1 is 1.64 bits per heavy atom. The van der Waals surface area contributed by atoms with Gasteiger partial charge in [0.05, 0.1) is 21.7 Å².